The number of nitrogens with one attached hydrogen (secondary N) is 1. The molecule has 4 aromatic rings. The van der Waals surface area contributed by atoms with Gasteiger partial charge in [0.1, 0.15) is 17.8 Å². The zero-order valence-corrected chi connectivity index (χ0v) is 13.2. The molecule has 25 heavy (non-hydrogen) atoms. The molecule has 0 aliphatic heterocycles. The van der Waals surface area contributed by atoms with Gasteiger partial charge in [-0.1, -0.05) is 12.1 Å². The predicted molar refractivity (Wildman–Crippen MR) is 94.0 cm³/mol. The average molecular weight is 334 g/mol. The Balaban J connectivity index is 1.71. The molecule has 0 fully saturated rings. The van der Waals surface area contributed by atoms with E-state index in [1.54, 1.807) is 19.3 Å². The molecule has 0 radical (unpaired) electrons. The fourth-order valence-electron chi connectivity index (χ4n) is 2.56. The normalized spacial score (nSPS) is 11.6. The average Bonchev–Trinajstić information content (AvgIpc) is 3.12. The Morgan fingerprint density at radius 2 is 2.00 bits per heavy atom. The maximum atomic E-state index is 10.0. The van der Waals surface area contributed by atoms with Crippen LogP contribution in [0.3, 0.4) is 0 Å². The molecule has 4 rings (SSSR count). The fourth-order valence-corrected chi connectivity index (χ4v) is 2.56. The van der Waals surface area contributed by atoms with Crippen molar-refractivity contribution in [1.82, 2.24) is 19.6 Å². The number of fused-ring (bicyclic) bond motifs is 3. The van der Waals surface area contributed by atoms with Crippen LogP contribution in [-0.4, -0.2) is 36.0 Å². The van der Waals surface area contributed by atoms with Crippen molar-refractivity contribution in [2.24, 2.45) is 5.10 Å². The summed E-state index contributed by atoms with van der Waals surface area (Å²) < 4.78 is 1.82. The minimum absolute atomic E-state index is 0.0235. The molecule has 0 aliphatic carbocycles. The summed E-state index contributed by atoms with van der Waals surface area (Å²) in [5.41, 5.74) is 5.92. The Labute approximate surface area is 142 Å². The molecular formula is C17H14N6O2. The van der Waals surface area contributed by atoms with Gasteiger partial charge in [0, 0.05) is 11.1 Å². The maximum absolute atomic E-state index is 10.0. The number of para-hydroxylation sites is 2. The molecule has 124 valence electrons. The summed E-state index contributed by atoms with van der Waals surface area (Å²) in [4.78, 5) is 4.51. The highest BCUT2D eigenvalue weighted by Crippen LogP contribution is 2.28. The Hall–Kier alpha value is -3.68. The Kier molecular flexibility index (Phi) is 3.42. The van der Waals surface area contributed by atoms with Crippen molar-refractivity contribution in [3.63, 3.8) is 0 Å². The Morgan fingerprint density at radius 3 is 2.88 bits per heavy atom. The molecule has 8 heteroatoms. The number of rotatable bonds is 3. The lowest BCUT2D eigenvalue weighted by Crippen LogP contribution is -2.00. The lowest BCUT2D eigenvalue weighted by Gasteiger charge is -2.06. The SMILES string of the molecule is Cc1c(O)ccc(/C=N/Nc2nc3ccccc3n3cnnc23)c1O. The molecule has 2 aromatic heterocycles. The number of nitrogens with zero attached hydrogens (tertiary/aromatic N) is 5. The van der Waals surface area contributed by atoms with E-state index in [0.717, 1.165) is 11.0 Å². The van der Waals surface area contributed by atoms with Gasteiger partial charge in [0.05, 0.1) is 17.2 Å². The van der Waals surface area contributed by atoms with Crippen LogP contribution < -0.4 is 5.43 Å². The highest BCUT2D eigenvalue weighted by atomic mass is 16.3. The first-order valence-corrected chi connectivity index (χ1v) is 7.54. The first kappa shape index (κ1) is 14.9. The summed E-state index contributed by atoms with van der Waals surface area (Å²) in [5.74, 6) is 0.455. The van der Waals surface area contributed by atoms with Gasteiger partial charge >= 0.3 is 0 Å². The number of phenolic OH excluding ortho intramolecular Hbond substituents is 2. The zero-order valence-electron chi connectivity index (χ0n) is 13.2. The molecule has 0 amide bonds. The third kappa shape index (κ3) is 2.49. The minimum atomic E-state index is -0.0235. The van der Waals surface area contributed by atoms with E-state index in [2.05, 4.69) is 25.7 Å². The monoisotopic (exact) mass is 334 g/mol. The number of aromatic hydroxyl groups is 2. The first-order valence-electron chi connectivity index (χ1n) is 7.54. The standard InChI is InChI=1S/C17H14N6O2/c1-10-14(24)7-6-11(15(10)25)8-18-21-16-17-22-19-9-23(17)13-5-3-2-4-12(13)20-16/h2-9,24-25H,1H3,(H,20,21)/b18-8+. The maximum Gasteiger partial charge on any atom is 0.205 e. The number of hydrazone groups is 1. The smallest absolute Gasteiger partial charge is 0.205 e. The molecule has 0 unspecified atom stereocenters. The van der Waals surface area contributed by atoms with Crippen LogP contribution in [0.15, 0.2) is 47.8 Å². The highest BCUT2D eigenvalue weighted by Gasteiger charge is 2.10. The van der Waals surface area contributed by atoms with E-state index in [-0.39, 0.29) is 11.5 Å². The largest absolute Gasteiger partial charge is 0.508 e. The minimum Gasteiger partial charge on any atom is -0.508 e. The van der Waals surface area contributed by atoms with Crippen molar-refractivity contribution in [3.8, 4) is 11.5 Å². The highest BCUT2D eigenvalue weighted by molar-refractivity contribution is 5.86. The topological polar surface area (TPSA) is 108 Å². The molecule has 0 saturated carbocycles. The number of benzene rings is 2. The number of hydrogen-bond acceptors (Lipinski definition) is 7. The van der Waals surface area contributed by atoms with E-state index in [9.17, 15) is 10.2 Å². The van der Waals surface area contributed by atoms with Gasteiger partial charge in [0.25, 0.3) is 0 Å². The molecule has 2 heterocycles. The second kappa shape index (κ2) is 5.75. The summed E-state index contributed by atoms with van der Waals surface area (Å²) in [6, 6.07) is 10.7. The van der Waals surface area contributed by atoms with Crippen molar-refractivity contribution in [2.75, 3.05) is 5.43 Å². The van der Waals surface area contributed by atoms with Crippen molar-refractivity contribution >= 4 is 28.7 Å². The molecular weight excluding hydrogens is 320 g/mol. The van der Waals surface area contributed by atoms with Crippen LogP contribution in [-0.2, 0) is 0 Å². The Bertz CT molecular complexity index is 1120. The van der Waals surface area contributed by atoms with Crippen molar-refractivity contribution in [1.29, 1.82) is 0 Å². The van der Waals surface area contributed by atoms with Crippen LogP contribution in [0.25, 0.3) is 16.7 Å². The third-order valence-electron chi connectivity index (χ3n) is 3.94. The lowest BCUT2D eigenvalue weighted by molar-refractivity contribution is 0.443. The van der Waals surface area contributed by atoms with Crippen LogP contribution >= 0.6 is 0 Å². The van der Waals surface area contributed by atoms with Crippen LogP contribution in [0.4, 0.5) is 5.82 Å². The van der Waals surface area contributed by atoms with Crippen molar-refractivity contribution in [3.05, 3.63) is 53.9 Å². The van der Waals surface area contributed by atoms with Gasteiger partial charge in [-0.15, -0.1) is 10.2 Å². The molecule has 0 atom stereocenters. The molecule has 0 aliphatic rings. The van der Waals surface area contributed by atoms with E-state index in [4.69, 9.17) is 0 Å². The van der Waals surface area contributed by atoms with Crippen molar-refractivity contribution in [2.45, 2.75) is 6.92 Å². The summed E-state index contributed by atoms with van der Waals surface area (Å²) in [7, 11) is 0. The summed E-state index contributed by atoms with van der Waals surface area (Å²) in [6.45, 7) is 1.63. The fraction of sp³-hybridized carbons (Fsp3) is 0.0588. The van der Waals surface area contributed by atoms with Gasteiger partial charge in [-0.3, -0.25) is 9.83 Å². The number of anilines is 1. The molecule has 3 N–H and O–H groups in total. The van der Waals surface area contributed by atoms with E-state index in [0.29, 0.717) is 22.6 Å². The van der Waals surface area contributed by atoms with Gasteiger partial charge < -0.3 is 10.2 Å². The molecule has 0 bridgehead atoms. The van der Waals surface area contributed by atoms with Gasteiger partial charge in [0.2, 0.25) is 5.65 Å². The number of phenols is 2. The lowest BCUT2D eigenvalue weighted by atomic mass is 10.1. The van der Waals surface area contributed by atoms with Crippen LogP contribution in [0.2, 0.25) is 0 Å². The van der Waals surface area contributed by atoms with E-state index in [1.807, 2.05) is 28.7 Å². The van der Waals surface area contributed by atoms with E-state index < -0.39 is 0 Å². The van der Waals surface area contributed by atoms with Crippen LogP contribution in [0, 0.1) is 6.92 Å². The number of aromatic nitrogens is 4. The summed E-state index contributed by atoms with van der Waals surface area (Å²) in [6.07, 6.45) is 3.06. The second-order valence-corrected chi connectivity index (χ2v) is 5.49. The summed E-state index contributed by atoms with van der Waals surface area (Å²) in [5, 5.41) is 31.7. The first-order chi connectivity index (χ1) is 12.1. The van der Waals surface area contributed by atoms with E-state index >= 15 is 0 Å². The molecule has 8 nitrogen and oxygen atoms in total. The van der Waals surface area contributed by atoms with Gasteiger partial charge in [0.15, 0.2) is 5.82 Å². The quantitative estimate of drug-likeness (QED) is 0.392. The predicted octanol–water partition coefficient (Wildman–Crippen LogP) is 2.44. The third-order valence-corrected chi connectivity index (χ3v) is 3.94. The van der Waals surface area contributed by atoms with Gasteiger partial charge in [-0.25, -0.2) is 4.98 Å². The summed E-state index contributed by atoms with van der Waals surface area (Å²) >= 11 is 0. The van der Waals surface area contributed by atoms with Crippen LogP contribution in [0.1, 0.15) is 11.1 Å². The van der Waals surface area contributed by atoms with Gasteiger partial charge in [-0.05, 0) is 31.2 Å². The van der Waals surface area contributed by atoms with Crippen LogP contribution in [0.5, 0.6) is 11.5 Å². The Morgan fingerprint density at radius 1 is 1.16 bits per heavy atom. The zero-order chi connectivity index (χ0) is 17.4. The second-order valence-electron chi connectivity index (χ2n) is 5.49. The van der Waals surface area contributed by atoms with Gasteiger partial charge in [-0.2, -0.15) is 5.10 Å². The van der Waals surface area contributed by atoms with Crippen molar-refractivity contribution < 1.29 is 10.2 Å². The molecule has 0 spiro atoms. The molecule has 0 saturated heterocycles. The van der Waals surface area contributed by atoms with E-state index in [1.165, 1.54) is 12.3 Å². The molecule has 2 aromatic carbocycles. The number of hydrogen-bond donors (Lipinski definition) is 3.